The van der Waals surface area contributed by atoms with Gasteiger partial charge in [-0.15, -0.1) is 0 Å². The number of carbonyl (C=O) groups is 1. The van der Waals surface area contributed by atoms with Gasteiger partial charge in [-0.2, -0.15) is 0 Å². The molecule has 2 rings (SSSR count). The van der Waals surface area contributed by atoms with Crippen molar-refractivity contribution >= 4 is 21.7 Å². The molecule has 1 N–H and O–H groups in total. The van der Waals surface area contributed by atoms with E-state index >= 15 is 0 Å². The number of sulfonamides is 1. The number of methoxy groups -OCH3 is 3. The van der Waals surface area contributed by atoms with Crippen molar-refractivity contribution < 1.29 is 32.5 Å². The minimum absolute atomic E-state index is 0.00193. The van der Waals surface area contributed by atoms with Gasteiger partial charge in [0.05, 0.1) is 37.9 Å². The number of hydrogen-bond acceptors (Lipinski definition) is 7. The molecule has 0 aliphatic carbocycles. The van der Waals surface area contributed by atoms with Crippen LogP contribution in [-0.4, -0.2) is 35.7 Å². The number of carboxylic acid groups (broad SMARTS) is 1. The summed E-state index contributed by atoms with van der Waals surface area (Å²) in [5.41, 5.74) is -0.226. The van der Waals surface area contributed by atoms with Crippen LogP contribution in [0.4, 0.5) is 5.69 Å². The molecule has 0 saturated heterocycles. The van der Waals surface area contributed by atoms with Gasteiger partial charge in [-0.05, 0) is 30.3 Å². The molecule has 0 aromatic heterocycles. The Morgan fingerprint density at radius 3 is 2.16 bits per heavy atom. The van der Waals surface area contributed by atoms with Crippen LogP contribution in [0.1, 0.15) is 10.4 Å². The Balaban J connectivity index is 2.47. The molecule has 8 nitrogen and oxygen atoms in total. The van der Waals surface area contributed by atoms with Crippen LogP contribution in [0.2, 0.25) is 0 Å². The van der Waals surface area contributed by atoms with Crippen LogP contribution in [0.3, 0.4) is 0 Å². The second-order valence-electron chi connectivity index (χ2n) is 4.82. The van der Waals surface area contributed by atoms with Crippen LogP contribution in [0.25, 0.3) is 0 Å². The van der Waals surface area contributed by atoms with Crippen molar-refractivity contribution in [3.63, 3.8) is 0 Å². The molecule has 134 valence electrons. The average molecular weight is 366 g/mol. The van der Waals surface area contributed by atoms with E-state index in [-0.39, 0.29) is 27.6 Å². The van der Waals surface area contributed by atoms with Crippen molar-refractivity contribution in [3.05, 3.63) is 42.0 Å². The lowest BCUT2D eigenvalue weighted by Gasteiger charge is -2.15. The van der Waals surface area contributed by atoms with E-state index in [1.807, 2.05) is 0 Å². The first kappa shape index (κ1) is 18.4. The van der Waals surface area contributed by atoms with Crippen LogP contribution in [0.15, 0.2) is 41.3 Å². The first-order valence-corrected chi connectivity index (χ1v) is 8.45. The minimum atomic E-state index is -4.08. The van der Waals surface area contributed by atoms with Crippen LogP contribution in [-0.2, 0) is 10.0 Å². The fraction of sp³-hybridized carbons (Fsp3) is 0.188. The third kappa shape index (κ3) is 3.94. The van der Waals surface area contributed by atoms with Crippen molar-refractivity contribution in [2.24, 2.45) is 0 Å². The molecule has 25 heavy (non-hydrogen) atoms. The summed E-state index contributed by atoms with van der Waals surface area (Å²) in [5.74, 6) is -0.854. The summed E-state index contributed by atoms with van der Waals surface area (Å²) < 4.78 is 42.6. The Labute approximate surface area is 145 Å². The van der Waals surface area contributed by atoms with E-state index < -0.39 is 16.0 Å². The molecule has 0 aliphatic rings. The summed E-state index contributed by atoms with van der Waals surface area (Å²) >= 11 is 0. The molecule has 0 saturated carbocycles. The zero-order valence-electron chi connectivity index (χ0n) is 13.7. The van der Waals surface area contributed by atoms with Crippen molar-refractivity contribution in [1.82, 2.24) is 0 Å². The number of hydrogen-bond donors (Lipinski definition) is 1. The molecule has 2 aromatic carbocycles. The maximum absolute atomic E-state index is 12.6. The Hall–Kier alpha value is -2.94. The fourth-order valence-electron chi connectivity index (χ4n) is 2.11. The fourth-order valence-corrected chi connectivity index (χ4v) is 3.20. The molecule has 2 aromatic rings. The molecule has 0 radical (unpaired) electrons. The summed E-state index contributed by atoms with van der Waals surface area (Å²) in [7, 11) is 0.0192. The topological polar surface area (TPSA) is 114 Å². The number of nitrogens with one attached hydrogen (secondary N) is 1. The lowest BCUT2D eigenvalue weighted by molar-refractivity contribution is -0.255. The van der Waals surface area contributed by atoms with Gasteiger partial charge in [0.15, 0.2) is 0 Å². The zero-order valence-corrected chi connectivity index (χ0v) is 14.5. The highest BCUT2D eigenvalue weighted by molar-refractivity contribution is 7.92. The molecule has 0 bridgehead atoms. The first-order chi connectivity index (χ1) is 11.8. The lowest BCUT2D eigenvalue weighted by Crippen LogP contribution is -2.24. The van der Waals surface area contributed by atoms with Gasteiger partial charge in [0, 0.05) is 11.6 Å². The summed E-state index contributed by atoms with van der Waals surface area (Å²) in [6.07, 6.45) is 0. The minimum Gasteiger partial charge on any atom is -0.545 e. The van der Waals surface area contributed by atoms with E-state index in [9.17, 15) is 18.3 Å². The lowest BCUT2D eigenvalue weighted by atomic mass is 10.2. The van der Waals surface area contributed by atoms with E-state index in [2.05, 4.69) is 4.72 Å². The number of carboxylic acids is 1. The highest BCUT2D eigenvalue weighted by atomic mass is 32.2. The molecular formula is C16H16NO7S-. The smallest absolute Gasteiger partial charge is 0.262 e. The third-order valence-corrected chi connectivity index (χ3v) is 4.72. The number of rotatable bonds is 7. The molecular weight excluding hydrogens is 350 g/mol. The summed E-state index contributed by atoms with van der Waals surface area (Å²) in [6, 6.07) is 8.01. The molecule has 9 heteroatoms. The summed E-state index contributed by atoms with van der Waals surface area (Å²) in [6.45, 7) is 0. The molecule has 0 heterocycles. The normalized spacial score (nSPS) is 10.8. The van der Waals surface area contributed by atoms with Gasteiger partial charge in [0.2, 0.25) is 0 Å². The standard InChI is InChI=1S/C16H17NO7S/c1-22-10-4-6-15(24-3)13(8-10)17-25(20,21)11-5-7-14(23-2)12(9-11)16(18)19/h4-9,17H,1-3H3,(H,18,19)/p-1. The largest absolute Gasteiger partial charge is 0.545 e. The van der Waals surface area contributed by atoms with Gasteiger partial charge < -0.3 is 24.1 Å². The number of aromatic carboxylic acids is 1. The molecule has 0 amide bonds. The first-order valence-electron chi connectivity index (χ1n) is 6.96. The second kappa shape index (κ2) is 7.31. The van der Waals surface area contributed by atoms with Gasteiger partial charge in [-0.1, -0.05) is 0 Å². The predicted octanol–water partition coefficient (Wildman–Crippen LogP) is 0.877. The van der Waals surface area contributed by atoms with Gasteiger partial charge >= 0.3 is 0 Å². The second-order valence-corrected chi connectivity index (χ2v) is 6.50. The van der Waals surface area contributed by atoms with Crippen molar-refractivity contribution in [3.8, 4) is 17.2 Å². The highest BCUT2D eigenvalue weighted by Gasteiger charge is 2.19. The van der Waals surface area contributed by atoms with Crippen molar-refractivity contribution in [2.75, 3.05) is 26.1 Å². The number of benzene rings is 2. The zero-order chi connectivity index (χ0) is 18.6. The van der Waals surface area contributed by atoms with Crippen LogP contribution >= 0.6 is 0 Å². The van der Waals surface area contributed by atoms with Crippen LogP contribution < -0.4 is 24.0 Å². The number of carbonyl (C=O) groups excluding carboxylic acids is 1. The van der Waals surface area contributed by atoms with Gasteiger partial charge in [0.1, 0.15) is 17.2 Å². The van der Waals surface area contributed by atoms with E-state index in [0.717, 1.165) is 6.07 Å². The Morgan fingerprint density at radius 1 is 0.960 bits per heavy atom. The molecule has 0 fully saturated rings. The Kier molecular flexibility index (Phi) is 5.38. The van der Waals surface area contributed by atoms with E-state index in [4.69, 9.17) is 14.2 Å². The summed E-state index contributed by atoms with van der Waals surface area (Å²) in [5, 5.41) is 11.2. The van der Waals surface area contributed by atoms with Crippen LogP contribution in [0.5, 0.6) is 17.2 Å². The summed E-state index contributed by atoms with van der Waals surface area (Å²) in [4.78, 5) is 10.9. The molecule has 0 spiro atoms. The maximum atomic E-state index is 12.6. The van der Waals surface area contributed by atoms with E-state index in [1.165, 1.54) is 45.6 Å². The van der Waals surface area contributed by atoms with Gasteiger partial charge in [-0.25, -0.2) is 8.42 Å². The molecule has 0 aliphatic heterocycles. The molecule has 0 unspecified atom stereocenters. The Bertz CT molecular complexity index is 893. The van der Waals surface area contributed by atoms with Crippen molar-refractivity contribution in [1.29, 1.82) is 0 Å². The molecule has 0 atom stereocenters. The Morgan fingerprint density at radius 2 is 1.60 bits per heavy atom. The quantitative estimate of drug-likeness (QED) is 0.773. The van der Waals surface area contributed by atoms with E-state index in [1.54, 1.807) is 6.07 Å². The monoisotopic (exact) mass is 366 g/mol. The number of anilines is 1. The third-order valence-electron chi connectivity index (χ3n) is 3.35. The SMILES string of the molecule is COc1ccc(OC)c(NS(=O)(=O)c2ccc(OC)c(C(=O)[O-])c2)c1. The van der Waals surface area contributed by atoms with Gasteiger partial charge in [-0.3, -0.25) is 4.72 Å². The van der Waals surface area contributed by atoms with Gasteiger partial charge in [0.25, 0.3) is 10.0 Å². The average Bonchev–Trinajstić information content (AvgIpc) is 2.60. The van der Waals surface area contributed by atoms with Crippen LogP contribution in [0, 0.1) is 0 Å². The maximum Gasteiger partial charge on any atom is 0.262 e. The van der Waals surface area contributed by atoms with E-state index in [0.29, 0.717) is 5.75 Å². The number of ether oxygens (including phenoxy) is 3. The van der Waals surface area contributed by atoms with Crippen molar-refractivity contribution in [2.45, 2.75) is 4.90 Å². The predicted molar refractivity (Wildman–Crippen MR) is 87.7 cm³/mol. The highest BCUT2D eigenvalue weighted by Crippen LogP contribution is 2.31.